The first-order valence-electron chi connectivity index (χ1n) is 14.6. The molecule has 4 aromatic carbocycles. The van der Waals surface area contributed by atoms with Gasteiger partial charge in [-0.05, 0) is 93.0 Å². The van der Waals surface area contributed by atoms with Crippen LogP contribution in [0, 0.1) is 0 Å². The van der Waals surface area contributed by atoms with Crippen molar-refractivity contribution in [2.45, 2.75) is 25.7 Å². The number of fused-ring (bicyclic) bond motifs is 8. The Morgan fingerprint density at radius 1 is 0.375 bits per heavy atom. The van der Waals surface area contributed by atoms with Crippen molar-refractivity contribution in [3.8, 4) is 23.0 Å². The molecule has 248 valence electrons. The van der Waals surface area contributed by atoms with Gasteiger partial charge in [0.2, 0.25) is 0 Å². The summed E-state index contributed by atoms with van der Waals surface area (Å²) in [6.07, 6.45) is -0.0409. The molecule has 0 aliphatic heterocycles. The van der Waals surface area contributed by atoms with E-state index in [-0.39, 0.29) is 47.9 Å². The molecular weight excluding hydrogens is 624 g/mol. The highest BCUT2D eigenvalue weighted by molar-refractivity contribution is 5.91. The first kappa shape index (κ1) is 33.3. The van der Waals surface area contributed by atoms with Gasteiger partial charge in [-0.15, -0.1) is 0 Å². The average molecular weight is 657 g/mol. The zero-order chi connectivity index (χ0) is 34.9. The summed E-state index contributed by atoms with van der Waals surface area (Å²) in [5.41, 5.74) is 3.02. The Kier molecular flexibility index (Phi) is 9.28. The minimum absolute atomic E-state index is 0.0102. The van der Waals surface area contributed by atoms with Gasteiger partial charge >= 0.3 is 23.9 Å². The highest BCUT2D eigenvalue weighted by atomic mass is 16.5. The van der Waals surface area contributed by atoms with Gasteiger partial charge in [-0.3, -0.25) is 0 Å². The van der Waals surface area contributed by atoms with Crippen molar-refractivity contribution in [2.75, 3.05) is 28.4 Å². The number of carbonyl (C=O) groups is 4. The van der Waals surface area contributed by atoms with Gasteiger partial charge < -0.3 is 39.4 Å². The average Bonchev–Trinajstić information content (AvgIpc) is 3.03. The molecule has 5 rings (SSSR count). The molecule has 0 saturated carbocycles. The maximum Gasteiger partial charge on any atom is 0.335 e. The van der Waals surface area contributed by atoms with Crippen LogP contribution in [-0.4, -0.2) is 72.7 Å². The Morgan fingerprint density at radius 3 is 0.625 bits per heavy atom. The number of carboxylic acid groups (broad SMARTS) is 4. The van der Waals surface area contributed by atoms with E-state index in [1.54, 1.807) is 0 Å². The summed E-state index contributed by atoms with van der Waals surface area (Å²) < 4.78 is 23.3. The molecule has 12 nitrogen and oxygen atoms in total. The number of benzene rings is 4. The zero-order valence-electron chi connectivity index (χ0n) is 26.5. The number of rotatable bonds is 8. The van der Waals surface area contributed by atoms with Gasteiger partial charge in [-0.25, -0.2) is 19.2 Å². The van der Waals surface area contributed by atoms with Crippen LogP contribution in [0.25, 0.3) is 0 Å². The number of ether oxygens (including phenoxy) is 4. The van der Waals surface area contributed by atoms with Crippen LogP contribution in [0.2, 0.25) is 0 Å². The van der Waals surface area contributed by atoms with E-state index in [1.807, 2.05) is 0 Å². The maximum absolute atomic E-state index is 12.3. The van der Waals surface area contributed by atoms with E-state index < -0.39 is 23.9 Å². The first-order valence-corrected chi connectivity index (χ1v) is 14.6. The van der Waals surface area contributed by atoms with Crippen molar-refractivity contribution in [3.05, 3.63) is 115 Å². The van der Waals surface area contributed by atoms with Crippen LogP contribution in [-0.2, 0) is 25.7 Å². The van der Waals surface area contributed by atoms with E-state index in [9.17, 15) is 39.6 Å². The second-order valence-electron chi connectivity index (χ2n) is 11.2. The second-order valence-corrected chi connectivity index (χ2v) is 11.2. The van der Waals surface area contributed by atoms with Gasteiger partial charge in [-0.2, -0.15) is 0 Å². The predicted octanol–water partition coefficient (Wildman–Crippen LogP) is 5.19. The molecule has 0 saturated heterocycles. The van der Waals surface area contributed by atoms with E-state index in [2.05, 4.69) is 0 Å². The number of aromatic carboxylic acids is 4. The third-order valence-electron chi connectivity index (χ3n) is 8.30. The largest absolute Gasteiger partial charge is 0.496 e. The molecule has 0 radical (unpaired) electrons. The smallest absolute Gasteiger partial charge is 0.335 e. The van der Waals surface area contributed by atoms with E-state index in [4.69, 9.17) is 18.9 Å². The molecule has 12 heteroatoms. The fourth-order valence-corrected chi connectivity index (χ4v) is 6.43. The summed E-state index contributed by atoms with van der Waals surface area (Å²) in [6.45, 7) is 0. The minimum atomic E-state index is -1.21. The van der Waals surface area contributed by atoms with Crippen molar-refractivity contribution < 1.29 is 58.6 Å². The Balaban J connectivity index is 1.93. The van der Waals surface area contributed by atoms with Crippen molar-refractivity contribution in [1.82, 2.24) is 0 Å². The summed E-state index contributed by atoms with van der Waals surface area (Å²) in [6, 6.07) is 11.5. The van der Waals surface area contributed by atoms with Gasteiger partial charge in [-0.1, -0.05) is 0 Å². The van der Waals surface area contributed by atoms with Crippen molar-refractivity contribution >= 4 is 23.9 Å². The topological polar surface area (TPSA) is 186 Å². The zero-order valence-corrected chi connectivity index (χ0v) is 26.5. The molecule has 0 atom stereocenters. The molecule has 0 heterocycles. The van der Waals surface area contributed by atoms with E-state index >= 15 is 0 Å². The van der Waals surface area contributed by atoms with Gasteiger partial charge in [0.25, 0.3) is 0 Å². The maximum atomic E-state index is 12.3. The van der Waals surface area contributed by atoms with Crippen molar-refractivity contribution in [3.63, 3.8) is 0 Å². The van der Waals surface area contributed by atoms with Crippen LogP contribution in [0.4, 0.5) is 0 Å². The number of carboxylic acids is 4. The second kappa shape index (κ2) is 13.4. The van der Waals surface area contributed by atoms with Crippen LogP contribution >= 0.6 is 0 Å². The van der Waals surface area contributed by atoms with Gasteiger partial charge in [0.05, 0.1) is 50.7 Å². The van der Waals surface area contributed by atoms with Gasteiger partial charge in [0.15, 0.2) is 0 Å². The van der Waals surface area contributed by atoms with Crippen molar-refractivity contribution in [1.29, 1.82) is 0 Å². The summed E-state index contributed by atoms with van der Waals surface area (Å²) in [7, 11) is 5.69. The standard InChI is InChI=1S/C36H32O12/c1-45-29-17-5-19-11-26(34(39)40)13-21(30(19)46-2)7-23-15-28(36(43)44)16-24(32(23)48-4)8-22-14-27(35(41)42)12-20(31(22)47-3)6-18(29)10-25(9-17)33(37)38/h9-16H,5-8H2,1-4H3,(H,37,38)(H,39,40)(H,41,42)(H,43,44). The molecule has 0 amide bonds. The predicted molar refractivity (Wildman–Crippen MR) is 171 cm³/mol. The fourth-order valence-electron chi connectivity index (χ4n) is 6.43. The van der Waals surface area contributed by atoms with E-state index in [1.165, 1.54) is 77.0 Å². The van der Waals surface area contributed by atoms with Crippen molar-refractivity contribution in [2.24, 2.45) is 0 Å². The summed E-state index contributed by atoms with van der Waals surface area (Å²) in [5.74, 6) is -3.59. The number of methoxy groups -OCH3 is 4. The van der Waals surface area contributed by atoms with E-state index in [0.29, 0.717) is 67.5 Å². The number of hydrogen-bond donors (Lipinski definition) is 4. The third-order valence-corrected chi connectivity index (χ3v) is 8.30. The fraction of sp³-hybridized carbons (Fsp3) is 0.222. The highest BCUT2D eigenvalue weighted by Gasteiger charge is 2.26. The normalized spacial score (nSPS) is 12.1. The summed E-state index contributed by atoms with van der Waals surface area (Å²) in [5, 5.41) is 40.2. The molecule has 0 spiro atoms. The molecule has 48 heavy (non-hydrogen) atoms. The van der Waals surface area contributed by atoms with Gasteiger partial charge in [0, 0.05) is 25.7 Å². The molecule has 4 N–H and O–H groups in total. The Labute approximate surface area is 274 Å². The Bertz CT molecular complexity index is 1610. The minimum Gasteiger partial charge on any atom is -0.496 e. The molecular formula is C36H32O12. The molecule has 0 aromatic heterocycles. The lowest BCUT2D eigenvalue weighted by Gasteiger charge is -2.22. The lowest BCUT2D eigenvalue weighted by atomic mass is 9.88. The lowest BCUT2D eigenvalue weighted by molar-refractivity contribution is 0.0686. The van der Waals surface area contributed by atoms with E-state index in [0.717, 1.165) is 0 Å². The first-order chi connectivity index (χ1) is 22.9. The molecule has 4 aromatic rings. The van der Waals surface area contributed by atoms with Crippen LogP contribution in [0.1, 0.15) is 85.9 Å². The molecule has 0 fully saturated rings. The molecule has 1 aliphatic rings. The van der Waals surface area contributed by atoms with Crippen LogP contribution in [0.5, 0.6) is 23.0 Å². The third kappa shape index (κ3) is 6.32. The molecule has 1 aliphatic carbocycles. The Hall–Kier alpha value is -6.04. The number of hydrogen-bond acceptors (Lipinski definition) is 8. The summed E-state index contributed by atoms with van der Waals surface area (Å²) in [4.78, 5) is 49.3. The Morgan fingerprint density at radius 2 is 0.521 bits per heavy atom. The summed E-state index contributed by atoms with van der Waals surface area (Å²) >= 11 is 0. The molecule has 0 unspecified atom stereocenters. The molecule has 8 bridgehead atoms. The van der Waals surface area contributed by atoms with Crippen LogP contribution in [0.15, 0.2) is 48.5 Å². The van der Waals surface area contributed by atoms with Crippen LogP contribution < -0.4 is 18.9 Å². The van der Waals surface area contributed by atoms with Crippen LogP contribution in [0.3, 0.4) is 0 Å². The lowest BCUT2D eigenvalue weighted by Crippen LogP contribution is -2.11. The van der Waals surface area contributed by atoms with Gasteiger partial charge in [0.1, 0.15) is 23.0 Å². The SMILES string of the molecule is COc1c2cc(C(=O)O)cc1Cc1cc(C(=O)O)cc(c1OC)Cc1cc(C(=O)O)cc(c1OC)Cc1cc(C(=O)O)cc(c1OC)C2. The highest BCUT2D eigenvalue weighted by Crippen LogP contribution is 2.40. The quantitative estimate of drug-likeness (QED) is 0.172. The monoisotopic (exact) mass is 656 g/mol.